The van der Waals surface area contributed by atoms with Crippen molar-refractivity contribution in [1.29, 1.82) is 0 Å². The molecular weight excluding hydrogens is 144 g/mol. The lowest BCUT2D eigenvalue weighted by Gasteiger charge is -2.38. The van der Waals surface area contributed by atoms with E-state index in [1.54, 1.807) is 0 Å². The molecule has 2 unspecified atom stereocenters. The summed E-state index contributed by atoms with van der Waals surface area (Å²) in [7, 11) is 0. The van der Waals surface area contributed by atoms with E-state index in [1.807, 2.05) is 0 Å². The summed E-state index contributed by atoms with van der Waals surface area (Å²) in [5, 5.41) is 0. The standard InChI is InChI=1S/C12H20/c1-10(2,3)12-7-5-11(4,9-12)6-8-12/h5,7H,6,8-9H2,1-4H3. The number of rotatable bonds is 0. The molecule has 0 amide bonds. The molecule has 0 heterocycles. The van der Waals surface area contributed by atoms with Crippen molar-refractivity contribution >= 4 is 0 Å². The first-order valence-electron chi connectivity index (χ1n) is 5.07. The van der Waals surface area contributed by atoms with Crippen molar-refractivity contribution in [1.82, 2.24) is 0 Å². The second-order valence-electron chi connectivity index (χ2n) is 6.07. The van der Waals surface area contributed by atoms with Gasteiger partial charge in [0.1, 0.15) is 0 Å². The Balaban J connectivity index is 2.34. The second-order valence-corrected chi connectivity index (χ2v) is 6.07. The Morgan fingerprint density at radius 1 is 1.08 bits per heavy atom. The number of hydrogen-bond donors (Lipinski definition) is 0. The smallest absolute Gasteiger partial charge is 0.00611 e. The predicted molar refractivity (Wildman–Crippen MR) is 53.0 cm³/mol. The molecule has 12 heavy (non-hydrogen) atoms. The van der Waals surface area contributed by atoms with Crippen molar-refractivity contribution in [3.8, 4) is 0 Å². The monoisotopic (exact) mass is 164 g/mol. The minimum Gasteiger partial charge on any atom is -0.0820 e. The van der Waals surface area contributed by atoms with Crippen molar-refractivity contribution in [3.63, 3.8) is 0 Å². The zero-order chi connectivity index (χ0) is 9.04. The molecule has 0 aliphatic heterocycles. The van der Waals surface area contributed by atoms with E-state index in [2.05, 4.69) is 39.8 Å². The molecule has 0 aromatic carbocycles. The van der Waals surface area contributed by atoms with Crippen molar-refractivity contribution in [2.45, 2.75) is 47.0 Å². The topological polar surface area (TPSA) is 0 Å². The first kappa shape index (κ1) is 8.34. The molecule has 2 bridgehead atoms. The van der Waals surface area contributed by atoms with E-state index in [0.717, 1.165) is 0 Å². The van der Waals surface area contributed by atoms with Crippen LogP contribution >= 0.6 is 0 Å². The van der Waals surface area contributed by atoms with Crippen LogP contribution in [0.5, 0.6) is 0 Å². The fraction of sp³-hybridized carbons (Fsp3) is 0.833. The molecule has 0 spiro atoms. The van der Waals surface area contributed by atoms with Crippen molar-refractivity contribution in [3.05, 3.63) is 12.2 Å². The van der Waals surface area contributed by atoms with Gasteiger partial charge >= 0.3 is 0 Å². The second kappa shape index (κ2) is 1.97. The molecule has 0 aromatic heterocycles. The van der Waals surface area contributed by atoms with E-state index in [1.165, 1.54) is 19.3 Å². The molecule has 0 nitrogen and oxygen atoms in total. The lowest BCUT2D eigenvalue weighted by molar-refractivity contribution is 0.153. The maximum Gasteiger partial charge on any atom is -0.00611 e. The average Bonchev–Trinajstić information content (AvgIpc) is 2.40. The lowest BCUT2D eigenvalue weighted by Crippen LogP contribution is -2.29. The normalized spacial score (nSPS) is 45.7. The maximum atomic E-state index is 2.50. The Morgan fingerprint density at radius 3 is 1.92 bits per heavy atom. The molecule has 2 aliphatic carbocycles. The van der Waals surface area contributed by atoms with Crippen LogP contribution in [0.3, 0.4) is 0 Å². The van der Waals surface area contributed by atoms with Crippen LogP contribution in [0.25, 0.3) is 0 Å². The third kappa shape index (κ3) is 0.901. The SMILES string of the molecule is CC12C=CC(C(C)(C)C)(CC1)C2. The Bertz CT molecular complexity index is 231. The Labute approximate surface area is 76.1 Å². The van der Waals surface area contributed by atoms with Gasteiger partial charge in [-0.2, -0.15) is 0 Å². The van der Waals surface area contributed by atoms with Gasteiger partial charge in [-0.1, -0.05) is 39.8 Å². The van der Waals surface area contributed by atoms with E-state index >= 15 is 0 Å². The minimum absolute atomic E-state index is 0.456. The molecule has 68 valence electrons. The van der Waals surface area contributed by atoms with Crippen LogP contribution in [-0.4, -0.2) is 0 Å². The highest BCUT2D eigenvalue weighted by atomic mass is 14.6. The van der Waals surface area contributed by atoms with Crippen LogP contribution in [0, 0.1) is 16.2 Å². The van der Waals surface area contributed by atoms with E-state index in [-0.39, 0.29) is 0 Å². The van der Waals surface area contributed by atoms with E-state index in [9.17, 15) is 0 Å². The highest BCUT2D eigenvalue weighted by Gasteiger charge is 2.53. The van der Waals surface area contributed by atoms with E-state index in [0.29, 0.717) is 16.2 Å². The molecule has 0 radical (unpaired) electrons. The van der Waals surface area contributed by atoms with Gasteiger partial charge < -0.3 is 0 Å². The molecule has 1 saturated carbocycles. The number of hydrogen-bond acceptors (Lipinski definition) is 0. The summed E-state index contributed by atoms with van der Waals surface area (Å²) in [6.45, 7) is 9.56. The van der Waals surface area contributed by atoms with Crippen LogP contribution in [0.2, 0.25) is 0 Å². The molecule has 0 N–H and O–H groups in total. The highest BCUT2D eigenvalue weighted by molar-refractivity contribution is 5.23. The Morgan fingerprint density at radius 2 is 1.75 bits per heavy atom. The summed E-state index contributed by atoms with van der Waals surface area (Å²) < 4.78 is 0. The third-order valence-corrected chi connectivity index (χ3v) is 4.16. The molecule has 0 saturated heterocycles. The van der Waals surface area contributed by atoms with Gasteiger partial charge in [-0.3, -0.25) is 0 Å². The fourth-order valence-corrected chi connectivity index (χ4v) is 2.94. The summed E-state index contributed by atoms with van der Waals surface area (Å²) in [4.78, 5) is 0. The maximum absolute atomic E-state index is 2.50. The largest absolute Gasteiger partial charge is 0.0820 e. The summed E-state index contributed by atoms with van der Waals surface area (Å²) in [6, 6.07) is 0. The van der Waals surface area contributed by atoms with Crippen molar-refractivity contribution < 1.29 is 0 Å². The van der Waals surface area contributed by atoms with Crippen LogP contribution in [0.15, 0.2) is 12.2 Å². The third-order valence-electron chi connectivity index (χ3n) is 4.16. The van der Waals surface area contributed by atoms with Gasteiger partial charge in [0.15, 0.2) is 0 Å². The average molecular weight is 164 g/mol. The molecular formula is C12H20. The van der Waals surface area contributed by atoms with Crippen molar-refractivity contribution in [2.24, 2.45) is 16.2 Å². The zero-order valence-corrected chi connectivity index (χ0v) is 8.78. The Hall–Kier alpha value is -0.260. The molecule has 0 aromatic rings. The van der Waals surface area contributed by atoms with Gasteiger partial charge in [0, 0.05) is 0 Å². The van der Waals surface area contributed by atoms with E-state index in [4.69, 9.17) is 0 Å². The van der Waals surface area contributed by atoms with Gasteiger partial charge in [0.25, 0.3) is 0 Å². The van der Waals surface area contributed by atoms with Gasteiger partial charge in [0.05, 0.1) is 0 Å². The fourth-order valence-electron chi connectivity index (χ4n) is 2.94. The zero-order valence-electron chi connectivity index (χ0n) is 8.78. The van der Waals surface area contributed by atoms with Gasteiger partial charge in [-0.05, 0) is 35.5 Å². The summed E-state index contributed by atoms with van der Waals surface area (Å²) in [5.41, 5.74) is 1.53. The molecule has 2 aliphatic rings. The first-order valence-corrected chi connectivity index (χ1v) is 5.07. The van der Waals surface area contributed by atoms with Gasteiger partial charge in [-0.25, -0.2) is 0 Å². The summed E-state index contributed by atoms with van der Waals surface area (Å²) in [6.07, 6.45) is 9.16. The highest BCUT2D eigenvalue weighted by Crippen LogP contribution is 2.63. The van der Waals surface area contributed by atoms with Crippen LogP contribution in [0.4, 0.5) is 0 Å². The molecule has 0 heteroatoms. The van der Waals surface area contributed by atoms with Crippen LogP contribution < -0.4 is 0 Å². The number of fused-ring (bicyclic) bond motifs is 2. The number of allylic oxidation sites excluding steroid dienone is 2. The Kier molecular flexibility index (Phi) is 1.37. The van der Waals surface area contributed by atoms with Crippen molar-refractivity contribution in [2.75, 3.05) is 0 Å². The van der Waals surface area contributed by atoms with Crippen LogP contribution in [0.1, 0.15) is 47.0 Å². The predicted octanol–water partition coefficient (Wildman–Crippen LogP) is 3.78. The van der Waals surface area contributed by atoms with Gasteiger partial charge in [-0.15, -0.1) is 0 Å². The van der Waals surface area contributed by atoms with E-state index < -0.39 is 0 Å². The molecule has 2 rings (SSSR count). The van der Waals surface area contributed by atoms with Crippen LogP contribution in [-0.2, 0) is 0 Å². The van der Waals surface area contributed by atoms with Gasteiger partial charge in [0.2, 0.25) is 0 Å². The molecule has 2 atom stereocenters. The minimum atomic E-state index is 0.456. The quantitative estimate of drug-likeness (QED) is 0.478. The molecule has 1 fully saturated rings. The lowest BCUT2D eigenvalue weighted by atomic mass is 9.66. The first-order chi connectivity index (χ1) is 5.37. The summed E-state index contributed by atoms with van der Waals surface area (Å²) in [5.74, 6) is 0. The summed E-state index contributed by atoms with van der Waals surface area (Å²) >= 11 is 0.